The van der Waals surface area contributed by atoms with Gasteiger partial charge >= 0.3 is 5.97 Å². The maximum atomic E-state index is 12.6. The molecular weight excluding hydrogens is 320 g/mol. The van der Waals surface area contributed by atoms with Crippen molar-refractivity contribution in [2.75, 3.05) is 7.11 Å². The van der Waals surface area contributed by atoms with Gasteiger partial charge in [0.25, 0.3) is 0 Å². The van der Waals surface area contributed by atoms with Crippen molar-refractivity contribution in [3.05, 3.63) is 48.6 Å². The number of hydrogen-bond donors (Lipinski definition) is 2. The van der Waals surface area contributed by atoms with Crippen LogP contribution in [-0.2, 0) is 25.5 Å². The Morgan fingerprint density at radius 2 is 1.84 bits per heavy atom. The second-order valence-corrected chi connectivity index (χ2v) is 5.75. The van der Waals surface area contributed by atoms with Crippen LogP contribution in [0.5, 0.6) is 0 Å². The van der Waals surface area contributed by atoms with Crippen LogP contribution in [-0.4, -0.2) is 37.0 Å². The highest BCUT2D eigenvalue weighted by molar-refractivity contribution is 5.90. The van der Waals surface area contributed by atoms with E-state index in [1.807, 2.05) is 30.3 Å². The van der Waals surface area contributed by atoms with Crippen molar-refractivity contribution in [1.29, 1.82) is 0 Å². The van der Waals surface area contributed by atoms with Gasteiger partial charge in [-0.05, 0) is 24.8 Å². The van der Waals surface area contributed by atoms with E-state index < -0.39 is 24.0 Å². The standard InChI is InChI=1S/C19H26N2O4/c1-4-5-7-12-16(19(24)25-3)21-18(23)17(20-14(2)22)13-15-10-8-6-9-11-15/h4,6,8-11,16-17H,1,5,7,12-13H2,2-3H3,(H,20,22)(H,21,23)/t16-,17-/m1/s1. The number of carbonyl (C=O) groups excluding carboxylic acids is 3. The molecule has 1 aromatic rings. The molecule has 0 aliphatic rings. The molecule has 0 saturated heterocycles. The molecule has 1 aromatic carbocycles. The molecule has 0 saturated carbocycles. The highest BCUT2D eigenvalue weighted by atomic mass is 16.5. The number of unbranched alkanes of at least 4 members (excludes halogenated alkanes) is 1. The van der Waals surface area contributed by atoms with Gasteiger partial charge < -0.3 is 15.4 Å². The van der Waals surface area contributed by atoms with Crippen molar-refractivity contribution >= 4 is 17.8 Å². The van der Waals surface area contributed by atoms with Crippen LogP contribution in [0.4, 0.5) is 0 Å². The molecular formula is C19H26N2O4. The van der Waals surface area contributed by atoms with Gasteiger partial charge in [0.05, 0.1) is 7.11 Å². The summed E-state index contributed by atoms with van der Waals surface area (Å²) in [7, 11) is 1.28. The highest BCUT2D eigenvalue weighted by Gasteiger charge is 2.26. The van der Waals surface area contributed by atoms with Crippen LogP contribution < -0.4 is 10.6 Å². The van der Waals surface area contributed by atoms with Gasteiger partial charge in [0, 0.05) is 13.3 Å². The first-order valence-corrected chi connectivity index (χ1v) is 8.28. The number of hydrogen-bond acceptors (Lipinski definition) is 4. The van der Waals surface area contributed by atoms with E-state index in [2.05, 4.69) is 17.2 Å². The lowest BCUT2D eigenvalue weighted by molar-refractivity contribution is -0.145. The molecule has 6 heteroatoms. The van der Waals surface area contributed by atoms with E-state index in [0.717, 1.165) is 12.0 Å². The first-order chi connectivity index (χ1) is 12.0. The molecule has 0 heterocycles. The van der Waals surface area contributed by atoms with E-state index in [1.165, 1.54) is 14.0 Å². The number of rotatable bonds is 10. The molecule has 0 radical (unpaired) electrons. The van der Waals surface area contributed by atoms with Crippen LogP contribution in [0, 0.1) is 0 Å². The summed E-state index contributed by atoms with van der Waals surface area (Å²) < 4.78 is 4.76. The number of benzene rings is 1. The highest BCUT2D eigenvalue weighted by Crippen LogP contribution is 2.07. The minimum absolute atomic E-state index is 0.308. The quantitative estimate of drug-likeness (QED) is 0.384. The third-order valence-corrected chi connectivity index (χ3v) is 3.68. The zero-order valence-electron chi connectivity index (χ0n) is 14.8. The Morgan fingerprint density at radius 3 is 2.40 bits per heavy atom. The molecule has 0 fully saturated rings. The fourth-order valence-electron chi connectivity index (χ4n) is 2.43. The van der Waals surface area contributed by atoms with Crippen LogP contribution in [0.25, 0.3) is 0 Å². The number of allylic oxidation sites excluding steroid dienone is 1. The summed E-state index contributed by atoms with van der Waals surface area (Å²) >= 11 is 0. The van der Waals surface area contributed by atoms with Gasteiger partial charge in [-0.1, -0.05) is 36.4 Å². The predicted octanol–water partition coefficient (Wildman–Crippen LogP) is 1.75. The Bertz CT molecular complexity index is 586. The molecule has 0 aromatic heterocycles. The summed E-state index contributed by atoms with van der Waals surface area (Å²) in [5.41, 5.74) is 0.915. The number of methoxy groups -OCH3 is 1. The van der Waals surface area contributed by atoms with E-state index >= 15 is 0 Å². The van der Waals surface area contributed by atoms with E-state index in [4.69, 9.17) is 4.74 Å². The number of nitrogens with one attached hydrogen (secondary N) is 2. The first-order valence-electron chi connectivity index (χ1n) is 8.28. The van der Waals surface area contributed by atoms with E-state index in [0.29, 0.717) is 19.3 Å². The molecule has 2 N–H and O–H groups in total. The normalized spacial score (nSPS) is 12.6. The summed E-state index contributed by atoms with van der Waals surface area (Å²) in [5.74, 6) is -1.22. The molecule has 0 unspecified atom stereocenters. The van der Waals surface area contributed by atoms with Gasteiger partial charge in [-0.15, -0.1) is 6.58 Å². The van der Waals surface area contributed by atoms with E-state index in [1.54, 1.807) is 6.08 Å². The summed E-state index contributed by atoms with van der Waals surface area (Å²) in [6.45, 7) is 4.99. The molecule has 136 valence electrons. The van der Waals surface area contributed by atoms with E-state index in [9.17, 15) is 14.4 Å². The fourth-order valence-corrected chi connectivity index (χ4v) is 2.43. The molecule has 0 aliphatic heterocycles. The first kappa shape index (κ1) is 20.4. The van der Waals surface area contributed by atoms with Crippen molar-refractivity contribution in [3.8, 4) is 0 Å². The van der Waals surface area contributed by atoms with Gasteiger partial charge in [0.2, 0.25) is 11.8 Å². The maximum absolute atomic E-state index is 12.6. The number of amides is 2. The predicted molar refractivity (Wildman–Crippen MR) is 95.7 cm³/mol. The second-order valence-electron chi connectivity index (χ2n) is 5.75. The minimum atomic E-state index is -0.758. The van der Waals surface area contributed by atoms with Crippen molar-refractivity contribution in [2.45, 2.75) is 44.7 Å². The summed E-state index contributed by atoms with van der Waals surface area (Å²) in [4.78, 5) is 35.9. The Labute approximate surface area is 148 Å². The lowest BCUT2D eigenvalue weighted by Gasteiger charge is -2.22. The maximum Gasteiger partial charge on any atom is 0.328 e. The lowest BCUT2D eigenvalue weighted by Crippen LogP contribution is -2.52. The fraction of sp³-hybridized carbons (Fsp3) is 0.421. The molecule has 0 bridgehead atoms. The molecule has 6 nitrogen and oxygen atoms in total. The lowest BCUT2D eigenvalue weighted by atomic mass is 10.0. The average molecular weight is 346 g/mol. The van der Waals surface area contributed by atoms with Crippen LogP contribution in [0.15, 0.2) is 43.0 Å². The Balaban J connectivity index is 2.80. The summed E-state index contributed by atoms with van der Waals surface area (Å²) in [5, 5.41) is 5.33. The molecule has 0 spiro atoms. The van der Waals surface area contributed by atoms with Crippen LogP contribution in [0.3, 0.4) is 0 Å². The number of esters is 1. The SMILES string of the molecule is C=CCCC[C@@H](NC(=O)[C@@H](Cc1ccccc1)NC(C)=O)C(=O)OC. The third kappa shape index (κ3) is 7.65. The molecule has 2 amide bonds. The topological polar surface area (TPSA) is 84.5 Å². The van der Waals surface area contributed by atoms with Gasteiger partial charge in [0.1, 0.15) is 12.1 Å². The molecule has 25 heavy (non-hydrogen) atoms. The van der Waals surface area contributed by atoms with Crippen molar-refractivity contribution in [2.24, 2.45) is 0 Å². The summed E-state index contributed by atoms with van der Waals surface area (Å²) in [6, 6.07) is 7.86. The van der Waals surface area contributed by atoms with Gasteiger partial charge in [-0.3, -0.25) is 9.59 Å². The summed E-state index contributed by atoms with van der Waals surface area (Å²) in [6.07, 6.45) is 3.98. The Kier molecular flexibility index (Phi) is 9.00. The van der Waals surface area contributed by atoms with Crippen LogP contribution >= 0.6 is 0 Å². The number of carbonyl (C=O) groups is 3. The molecule has 0 aliphatic carbocycles. The largest absolute Gasteiger partial charge is 0.467 e. The third-order valence-electron chi connectivity index (χ3n) is 3.68. The molecule has 2 atom stereocenters. The minimum Gasteiger partial charge on any atom is -0.467 e. The van der Waals surface area contributed by atoms with Crippen LogP contribution in [0.1, 0.15) is 31.7 Å². The van der Waals surface area contributed by atoms with Gasteiger partial charge in [-0.25, -0.2) is 4.79 Å². The Morgan fingerprint density at radius 1 is 1.16 bits per heavy atom. The van der Waals surface area contributed by atoms with Crippen LogP contribution in [0.2, 0.25) is 0 Å². The second kappa shape index (κ2) is 11.0. The van der Waals surface area contributed by atoms with Gasteiger partial charge in [-0.2, -0.15) is 0 Å². The van der Waals surface area contributed by atoms with Crippen molar-refractivity contribution in [1.82, 2.24) is 10.6 Å². The zero-order valence-corrected chi connectivity index (χ0v) is 14.8. The smallest absolute Gasteiger partial charge is 0.328 e. The van der Waals surface area contributed by atoms with Gasteiger partial charge in [0.15, 0.2) is 0 Å². The van der Waals surface area contributed by atoms with Crippen molar-refractivity contribution < 1.29 is 19.1 Å². The zero-order chi connectivity index (χ0) is 18.7. The van der Waals surface area contributed by atoms with Crippen molar-refractivity contribution in [3.63, 3.8) is 0 Å². The average Bonchev–Trinajstić information content (AvgIpc) is 2.60. The molecule has 1 rings (SSSR count). The Hall–Kier alpha value is -2.63. The monoisotopic (exact) mass is 346 g/mol. The van der Waals surface area contributed by atoms with E-state index in [-0.39, 0.29) is 5.91 Å². The number of ether oxygens (including phenoxy) is 1.